The number of hydrazone groups is 1. The molecule has 0 radical (unpaired) electrons. The summed E-state index contributed by atoms with van der Waals surface area (Å²) in [6.45, 7) is 8.74. The highest BCUT2D eigenvalue weighted by molar-refractivity contribution is 6.04. The SMILES string of the molecule is Cc1ccc2c(c1)/C(=N/Nc1cc(N3CCOCC3)nc(CCC(C)(C)O)n1)CC2. The van der Waals surface area contributed by atoms with E-state index in [0.717, 1.165) is 37.5 Å². The molecule has 4 rings (SSSR count). The second kappa shape index (κ2) is 8.70. The number of morpholine rings is 1. The van der Waals surface area contributed by atoms with Crippen molar-refractivity contribution in [1.82, 2.24) is 9.97 Å². The Labute approximate surface area is 178 Å². The number of nitrogens with zero attached hydrogens (tertiary/aromatic N) is 4. The van der Waals surface area contributed by atoms with Gasteiger partial charge in [-0.1, -0.05) is 17.7 Å². The molecule has 0 amide bonds. The van der Waals surface area contributed by atoms with E-state index in [-0.39, 0.29) is 0 Å². The number of nitrogens with one attached hydrogen (secondary N) is 1. The Hall–Kier alpha value is -2.51. The van der Waals surface area contributed by atoms with E-state index in [9.17, 15) is 5.11 Å². The van der Waals surface area contributed by atoms with Crippen molar-refractivity contribution in [3.63, 3.8) is 0 Å². The number of aliphatic hydroxyl groups is 1. The van der Waals surface area contributed by atoms with Crippen molar-refractivity contribution in [3.8, 4) is 0 Å². The van der Waals surface area contributed by atoms with Crippen LogP contribution >= 0.6 is 0 Å². The van der Waals surface area contributed by atoms with E-state index >= 15 is 0 Å². The molecule has 2 heterocycles. The van der Waals surface area contributed by atoms with E-state index in [4.69, 9.17) is 14.8 Å². The van der Waals surface area contributed by atoms with Crippen LogP contribution in [-0.2, 0) is 17.6 Å². The Bertz CT molecular complexity index is 930. The van der Waals surface area contributed by atoms with Crippen LogP contribution in [-0.4, -0.2) is 52.7 Å². The fourth-order valence-electron chi connectivity index (χ4n) is 3.83. The Balaban J connectivity index is 1.58. The van der Waals surface area contributed by atoms with Gasteiger partial charge in [0, 0.05) is 31.1 Å². The number of ether oxygens (including phenoxy) is 1. The largest absolute Gasteiger partial charge is 0.390 e. The zero-order valence-corrected chi connectivity index (χ0v) is 18.1. The van der Waals surface area contributed by atoms with Crippen LogP contribution in [0.25, 0.3) is 0 Å². The topological polar surface area (TPSA) is 82.9 Å². The van der Waals surface area contributed by atoms with Gasteiger partial charge in [0.15, 0.2) is 5.82 Å². The average Bonchev–Trinajstić information content (AvgIpc) is 3.13. The van der Waals surface area contributed by atoms with Crippen molar-refractivity contribution in [2.24, 2.45) is 5.10 Å². The molecule has 1 aromatic heterocycles. The van der Waals surface area contributed by atoms with E-state index in [1.165, 1.54) is 16.7 Å². The number of aromatic nitrogens is 2. The van der Waals surface area contributed by atoms with Gasteiger partial charge in [0.1, 0.15) is 11.6 Å². The lowest BCUT2D eigenvalue weighted by molar-refractivity contribution is 0.0708. The van der Waals surface area contributed by atoms with Crippen molar-refractivity contribution in [1.29, 1.82) is 0 Å². The molecule has 0 bridgehead atoms. The standard InChI is InChI=1S/C23H31N5O2/c1-16-4-5-17-6-7-19(18(17)14-16)26-27-21-15-22(28-10-12-30-13-11-28)25-20(24-21)8-9-23(2,3)29/h4-5,14-15,29H,6-13H2,1-3H3,(H,24,25,27)/b26-19+. The molecule has 1 saturated heterocycles. The molecule has 0 atom stereocenters. The van der Waals surface area contributed by atoms with Crippen molar-refractivity contribution in [3.05, 3.63) is 46.8 Å². The summed E-state index contributed by atoms with van der Waals surface area (Å²) in [7, 11) is 0. The van der Waals surface area contributed by atoms with Gasteiger partial charge in [-0.05, 0) is 51.7 Å². The fraction of sp³-hybridized carbons (Fsp3) is 0.522. The number of rotatable bonds is 6. The highest BCUT2D eigenvalue weighted by Crippen LogP contribution is 2.25. The number of hydrogen-bond donors (Lipinski definition) is 2. The zero-order valence-electron chi connectivity index (χ0n) is 18.1. The third kappa shape index (κ3) is 5.15. The summed E-state index contributed by atoms with van der Waals surface area (Å²) in [6.07, 6.45) is 3.16. The maximum absolute atomic E-state index is 10.1. The average molecular weight is 410 g/mol. The van der Waals surface area contributed by atoms with E-state index in [2.05, 4.69) is 40.4 Å². The van der Waals surface area contributed by atoms with Gasteiger partial charge in [0.25, 0.3) is 0 Å². The first-order chi connectivity index (χ1) is 14.4. The van der Waals surface area contributed by atoms with Crippen molar-refractivity contribution in [2.45, 2.75) is 52.1 Å². The molecular formula is C23H31N5O2. The maximum Gasteiger partial charge on any atom is 0.152 e. The predicted molar refractivity (Wildman–Crippen MR) is 119 cm³/mol. The molecule has 1 fully saturated rings. The number of benzene rings is 1. The van der Waals surface area contributed by atoms with E-state index in [1.807, 2.05) is 19.9 Å². The Kier molecular flexibility index (Phi) is 6.01. The molecule has 30 heavy (non-hydrogen) atoms. The molecule has 0 saturated carbocycles. The van der Waals surface area contributed by atoms with E-state index in [1.54, 1.807) is 0 Å². The summed E-state index contributed by atoms with van der Waals surface area (Å²) in [4.78, 5) is 11.6. The normalized spacial score (nSPS) is 18.0. The predicted octanol–water partition coefficient (Wildman–Crippen LogP) is 3.09. The number of anilines is 2. The monoisotopic (exact) mass is 409 g/mol. The summed E-state index contributed by atoms with van der Waals surface area (Å²) in [5.41, 5.74) is 7.32. The molecule has 2 aliphatic rings. The molecular weight excluding hydrogens is 378 g/mol. The second-order valence-corrected chi connectivity index (χ2v) is 8.77. The highest BCUT2D eigenvalue weighted by atomic mass is 16.5. The third-order valence-corrected chi connectivity index (χ3v) is 5.57. The van der Waals surface area contributed by atoms with Crippen LogP contribution in [0, 0.1) is 6.92 Å². The molecule has 0 unspecified atom stereocenters. The number of fused-ring (bicyclic) bond motifs is 1. The third-order valence-electron chi connectivity index (χ3n) is 5.57. The van der Waals surface area contributed by atoms with Crippen LogP contribution in [0.4, 0.5) is 11.6 Å². The van der Waals surface area contributed by atoms with Crippen molar-refractivity contribution >= 4 is 17.3 Å². The molecule has 1 aromatic carbocycles. The van der Waals surface area contributed by atoms with Crippen LogP contribution in [0.1, 0.15) is 49.2 Å². The molecule has 2 aromatic rings. The fourth-order valence-corrected chi connectivity index (χ4v) is 3.83. The minimum absolute atomic E-state index is 0.597. The van der Waals surface area contributed by atoms with Crippen LogP contribution in [0.2, 0.25) is 0 Å². The van der Waals surface area contributed by atoms with Crippen molar-refractivity contribution < 1.29 is 9.84 Å². The van der Waals surface area contributed by atoms with Gasteiger partial charge in [-0.15, -0.1) is 0 Å². The first-order valence-electron chi connectivity index (χ1n) is 10.7. The Morgan fingerprint density at radius 2 is 1.97 bits per heavy atom. The van der Waals surface area contributed by atoms with Crippen LogP contribution < -0.4 is 10.3 Å². The smallest absolute Gasteiger partial charge is 0.152 e. The van der Waals surface area contributed by atoms with Gasteiger partial charge in [-0.25, -0.2) is 9.97 Å². The maximum atomic E-state index is 10.1. The lowest BCUT2D eigenvalue weighted by atomic mass is 10.0. The summed E-state index contributed by atoms with van der Waals surface area (Å²) in [6, 6.07) is 8.51. The molecule has 1 aliphatic carbocycles. The van der Waals surface area contributed by atoms with E-state index in [0.29, 0.717) is 37.7 Å². The van der Waals surface area contributed by atoms with Gasteiger partial charge >= 0.3 is 0 Å². The summed E-state index contributed by atoms with van der Waals surface area (Å²) in [5.74, 6) is 2.28. The number of hydrogen-bond acceptors (Lipinski definition) is 7. The number of aryl methyl sites for hydroxylation is 3. The summed E-state index contributed by atoms with van der Waals surface area (Å²) >= 11 is 0. The van der Waals surface area contributed by atoms with Gasteiger partial charge in [-0.3, -0.25) is 5.43 Å². The lowest BCUT2D eigenvalue weighted by Gasteiger charge is -2.28. The molecule has 0 spiro atoms. The highest BCUT2D eigenvalue weighted by Gasteiger charge is 2.19. The van der Waals surface area contributed by atoms with Crippen LogP contribution in [0.3, 0.4) is 0 Å². The van der Waals surface area contributed by atoms with E-state index < -0.39 is 5.60 Å². The van der Waals surface area contributed by atoms with Gasteiger partial charge < -0.3 is 14.7 Å². The second-order valence-electron chi connectivity index (χ2n) is 8.77. The van der Waals surface area contributed by atoms with Crippen molar-refractivity contribution in [2.75, 3.05) is 36.6 Å². The first kappa shape index (κ1) is 20.8. The van der Waals surface area contributed by atoms with Gasteiger partial charge in [0.05, 0.1) is 24.5 Å². The Morgan fingerprint density at radius 3 is 2.73 bits per heavy atom. The van der Waals surface area contributed by atoms with Gasteiger partial charge in [0.2, 0.25) is 0 Å². The molecule has 7 heteroatoms. The minimum Gasteiger partial charge on any atom is -0.390 e. The first-order valence-corrected chi connectivity index (χ1v) is 10.7. The van der Waals surface area contributed by atoms with Gasteiger partial charge in [-0.2, -0.15) is 5.10 Å². The lowest BCUT2D eigenvalue weighted by Crippen LogP contribution is -2.37. The summed E-state index contributed by atoms with van der Waals surface area (Å²) in [5, 5.41) is 14.8. The zero-order chi connectivity index (χ0) is 21.1. The molecule has 160 valence electrons. The Morgan fingerprint density at radius 1 is 1.17 bits per heavy atom. The molecule has 1 aliphatic heterocycles. The molecule has 7 nitrogen and oxygen atoms in total. The minimum atomic E-state index is -0.752. The summed E-state index contributed by atoms with van der Waals surface area (Å²) < 4.78 is 5.48. The van der Waals surface area contributed by atoms with Crippen LogP contribution in [0.15, 0.2) is 29.4 Å². The van der Waals surface area contributed by atoms with Crippen LogP contribution in [0.5, 0.6) is 0 Å². The molecule has 2 N–H and O–H groups in total. The quantitative estimate of drug-likeness (QED) is 0.714.